The van der Waals surface area contributed by atoms with E-state index in [0.29, 0.717) is 23.0 Å². The smallest absolute Gasteiger partial charge is 0.261 e. The Balaban J connectivity index is 1.92. The van der Waals surface area contributed by atoms with Crippen molar-refractivity contribution in [2.75, 3.05) is 15.8 Å². The van der Waals surface area contributed by atoms with Gasteiger partial charge in [0.25, 0.3) is 5.91 Å². The van der Waals surface area contributed by atoms with Crippen molar-refractivity contribution in [3.05, 3.63) is 41.6 Å². The Hall–Kier alpha value is -3.02. The number of carbonyl (C=O) groups is 1. The zero-order valence-corrected chi connectivity index (χ0v) is 15.8. The van der Waals surface area contributed by atoms with Crippen LogP contribution < -0.4 is 15.6 Å². The van der Waals surface area contributed by atoms with E-state index < -0.39 is 38.8 Å². The van der Waals surface area contributed by atoms with Crippen LogP contribution in [0.1, 0.15) is 23.7 Å². The maximum Gasteiger partial charge on any atom is 0.261 e. The first-order valence-corrected chi connectivity index (χ1v) is 9.97. The molecule has 0 fully saturated rings. The summed E-state index contributed by atoms with van der Waals surface area (Å²) in [6.45, 7) is 1.64. The monoisotopic (exact) mass is 407 g/mol. The molecule has 12 heteroatoms. The van der Waals surface area contributed by atoms with E-state index in [0.717, 1.165) is 12.1 Å². The van der Waals surface area contributed by atoms with E-state index in [-0.39, 0.29) is 11.4 Å². The first kappa shape index (κ1) is 19.7. The summed E-state index contributed by atoms with van der Waals surface area (Å²) >= 11 is 0. The van der Waals surface area contributed by atoms with Gasteiger partial charge in [-0.25, -0.2) is 22.2 Å². The Kier molecular flexibility index (Phi) is 5.32. The van der Waals surface area contributed by atoms with Gasteiger partial charge in [-0.2, -0.15) is 5.10 Å². The summed E-state index contributed by atoms with van der Waals surface area (Å²) in [4.78, 5) is 16.5. The van der Waals surface area contributed by atoms with Crippen LogP contribution in [0, 0.1) is 11.6 Å². The lowest BCUT2D eigenvalue weighted by molar-refractivity contribution is 0.101. The summed E-state index contributed by atoms with van der Waals surface area (Å²) in [7, 11) is -2.08. The SMILES string of the molecule is Bc1n[nH]c2ncc(NC(=O)c3c(F)ccc(NS(=O)(=O)CCC)c3F)cc12. The predicted octanol–water partition coefficient (Wildman–Crippen LogP) is 0.898. The molecule has 0 unspecified atom stereocenters. The number of sulfonamides is 1. The topological polar surface area (TPSA) is 117 Å². The number of benzene rings is 1. The van der Waals surface area contributed by atoms with Crippen molar-refractivity contribution >= 4 is 51.8 Å². The van der Waals surface area contributed by atoms with Crippen LogP contribution >= 0.6 is 0 Å². The van der Waals surface area contributed by atoms with Crippen molar-refractivity contribution < 1.29 is 22.0 Å². The largest absolute Gasteiger partial charge is 0.320 e. The molecule has 2 heterocycles. The summed E-state index contributed by atoms with van der Waals surface area (Å²) in [5.41, 5.74) is -0.0544. The minimum Gasteiger partial charge on any atom is -0.320 e. The van der Waals surface area contributed by atoms with Gasteiger partial charge in [-0.05, 0) is 24.6 Å². The third-order valence-corrected chi connectivity index (χ3v) is 5.40. The molecular formula is C16H16BF2N5O3S. The number of aromatic amines is 1. The van der Waals surface area contributed by atoms with E-state index in [1.807, 2.05) is 4.72 Å². The van der Waals surface area contributed by atoms with Gasteiger partial charge in [0, 0.05) is 11.0 Å². The number of H-pyrrole nitrogens is 1. The van der Waals surface area contributed by atoms with Crippen molar-refractivity contribution in [1.82, 2.24) is 15.2 Å². The summed E-state index contributed by atoms with van der Waals surface area (Å²) < 4.78 is 54.5. The number of carbonyl (C=O) groups excluding carboxylic acids is 1. The van der Waals surface area contributed by atoms with Crippen LogP contribution in [0.15, 0.2) is 24.4 Å². The highest BCUT2D eigenvalue weighted by atomic mass is 32.2. The molecule has 1 amide bonds. The van der Waals surface area contributed by atoms with Crippen LogP contribution in [-0.4, -0.2) is 43.1 Å². The van der Waals surface area contributed by atoms with Gasteiger partial charge in [0.2, 0.25) is 10.0 Å². The number of pyridine rings is 1. The standard InChI is InChI=1S/C16H16BF2N5O3S/c1-2-5-28(26,27)24-11-4-3-10(18)12(13(11)19)16(25)21-8-6-9-14(17)22-23-15(9)20-7-8/h3-4,6-7,24H,2,5,17H2,1H3,(H,21,25)(H,20,22,23). The highest BCUT2D eigenvalue weighted by Crippen LogP contribution is 2.24. The van der Waals surface area contributed by atoms with Gasteiger partial charge in [0.1, 0.15) is 11.4 Å². The van der Waals surface area contributed by atoms with Crippen molar-refractivity contribution in [3.8, 4) is 0 Å². The number of halogens is 2. The number of nitrogens with zero attached hydrogens (tertiary/aromatic N) is 2. The van der Waals surface area contributed by atoms with Crippen LogP contribution in [0.25, 0.3) is 11.0 Å². The van der Waals surface area contributed by atoms with Crippen molar-refractivity contribution in [2.24, 2.45) is 0 Å². The van der Waals surface area contributed by atoms with Crippen LogP contribution in [0.2, 0.25) is 0 Å². The molecule has 0 saturated carbocycles. The highest BCUT2D eigenvalue weighted by molar-refractivity contribution is 7.92. The van der Waals surface area contributed by atoms with Gasteiger partial charge in [-0.15, -0.1) is 0 Å². The maximum absolute atomic E-state index is 14.7. The van der Waals surface area contributed by atoms with E-state index >= 15 is 0 Å². The molecule has 0 atom stereocenters. The quantitative estimate of drug-likeness (QED) is 0.525. The third-order valence-electron chi connectivity index (χ3n) is 3.92. The highest BCUT2D eigenvalue weighted by Gasteiger charge is 2.23. The molecule has 0 aliphatic carbocycles. The summed E-state index contributed by atoms with van der Waals surface area (Å²) in [6.07, 6.45) is 1.62. The Morgan fingerprint density at radius 3 is 2.79 bits per heavy atom. The van der Waals surface area contributed by atoms with Crippen LogP contribution in [0.4, 0.5) is 20.2 Å². The molecule has 0 bridgehead atoms. The average molecular weight is 407 g/mol. The van der Waals surface area contributed by atoms with Crippen LogP contribution in [0.5, 0.6) is 0 Å². The third kappa shape index (κ3) is 3.96. The zero-order valence-electron chi connectivity index (χ0n) is 15.0. The van der Waals surface area contributed by atoms with E-state index in [1.54, 1.807) is 20.8 Å². The molecule has 3 aromatic rings. The minimum absolute atomic E-state index is 0.206. The lowest BCUT2D eigenvalue weighted by Gasteiger charge is -2.12. The molecule has 8 nitrogen and oxygen atoms in total. The molecule has 0 spiro atoms. The Labute approximate surface area is 160 Å². The van der Waals surface area contributed by atoms with E-state index in [4.69, 9.17) is 0 Å². The van der Waals surface area contributed by atoms with E-state index in [9.17, 15) is 22.0 Å². The van der Waals surface area contributed by atoms with Crippen molar-refractivity contribution in [1.29, 1.82) is 0 Å². The Morgan fingerprint density at radius 1 is 1.32 bits per heavy atom. The predicted molar refractivity (Wildman–Crippen MR) is 104 cm³/mol. The Morgan fingerprint density at radius 2 is 2.07 bits per heavy atom. The number of amides is 1. The second-order valence-corrected chi connectivity index (χ2v) is 7.93. The van der Waals surface area contributed by atoms with Gasteiger partial charge in [-0.3, -0.25) is 14.6 Å². The molecular weight excluding hydrogens is 391 g/mol. The summed E-state index contributed by atoms with van der Waals surface area (Å²) in [6, 6.07) is 3.31. The molecule has 28 heavy (non-hydrogen) atoms. The number of fused-ring (bicyclic) bond motifs is 1. The lowest BCUT2D eigenvalue weighted by atomic mass is 10.0. The molecule has 3 N–H and O–H groups in total. The fourth-order valence-corrected chi connectivity index (χ4v) is 3.75. The molecule has 2 aromatic heterocycles. The van der Waals surface area contributed by atoms with Gasteiger partial charge < -0.3 is 5.32 Å². The molecule has 0 aliphatic rings. The van der Waals surface area contributed by atoms with Crippen LogP contribution in [0.3, 0.4) is 0 Å². The number of nitrogens with one attached hydrogen (secondary N) is 3. The van der Waals surface area contributed by atoms with Gasteiger partial charge >= 0.3 is 0 Å². The summed E-state index contributed by atoms with van der Waals surface area (Å²) in [5, 5.41) is 9.68. The number of rotatable bonds is 6. The van der Waals surface area contributed by atoms with Gasteiger partial charge in [0.05, 0.1) is 23.3 Å². The second-order valence-electron chi connectivity index (χ2n) is 6.09. The van der Waals surface area contributed by atoms with E-state index in [1.165, 1.54) is 6.20 Å². The molecule has 0 aliphatic heterocycles. The molecule has 0 radical (unpaired) electrons. The van der Waals surface area contributed by atoms with Crippen LogP contribution in [-0.2, 0) is 10.0 Å². The number of hydrogen-bond acceptors (Lipinski definition) is 5. The molecule has 0 saturated heterocycles. The Bertz CT molecular complexity index is 1170. The first-order chi connectivity index (χ1) is 13.2. The lowest BCUT2D eigenvalue weighted by Crippen LogP contribution is -2.20. The number of aromatic nitrogens is 3. The zero-order chi connectivity index (χ0) is 20.5. The number of anilines is 2. The average Bonchev–Trinajstić information content (AvgIpc) is 2.98. The van der Waals surface area contributed by atoms with Crippen molar-refractivity contribution in [2.45, 2.75) is 13.3 Å². The maximum atomic E-state index is 14.7. The van der Waals surface area contributed by atoms with E-state index in [2.05, 4.69) is 20.5 Å². The van der Waals surface area contributed by atoms with Gasteiger partial charge in [-0.1, -0.05) is 6.92 Å². The second kappa shape index (κ2) is 7.54. The number of hydrogen-bond donors (Lipinski definition) is 3. The fraction of sp³-hybridized carbons (Fsp3) is 0.188. The first-order valence-electron chi connectivity index (χ1n) is 8.32. The minimum atomic E-state index is -3.81. The van der Waals surface area contributed by atoms with Crippen molar-refractivity contribution in [3.63, 3.8) is 0 Å². The molecule has 146 valence electrons. The fourth-order valence-electron chi connectivity index (χ4n) is 2.62. The molecule has 1 aromatic carbocycles. The summed E-state index contributed by atoms with van der Waals surface area (Å²) in [5.74, 6) is -3.73. The normalized spacial score (nSPS) is 11.5. The van der Waals surface area contributed by atoms with Gasteiger partial charge in [0.15, 0.2) is 19.3 Å². The molecule has 3 rings (SSSR count).